The summed E-state index contributed by atoms with van der Waals surface area (Å²) in [5.41, 5.74) is 5.12. The van der Waals surface area contributed by atoms with Crippen LogP contribution in [0.1, 0.15) is 87.2 Å². The molecule has 59 heavy (non-hydrogen) atoms. The molecular weight excluding hydrogens is 753 g/mol. The fourth-order valence-corrected chi connectivity index (χ4v) is 7.25. The Labute approximate surface area is 346 Å². The Kier molecular flexibility index (Phi) is 16.8. The Morgan fingerprint density at radius 2 is 1.64 bits per heavy atom. The first-order valence-corrected chi connectivity index (χ1v) is 20.5. The van der Waals surface area contributed by atoms with Gasteiger partial charge in [-0.25, -0.2) is 4.79 Å². The highest BCUT2D eigenvalue weighted by Gasteiger charge is 2.31. The predicted molar refractivity (Wildman–Crippen MR) is 224 cm³/mol. The average Bonchev–Trinajstić information content (AvgIpc) is 3.76. The number of hydrogen-bond acceptors (Lipinski definition) is 11. The summed E-state index contributed by atoms with van der Waals surface area (Å²) >= 11 is 0. The molecule has 0 bridgehead atoms. The number of alkyl carbamates (subject to hydrolysis) is 1. The maximum atomic E-state index is 14.0. The van der Waals surface area contributed by atoms with Gasteiger partial charge in [-0.3, -0.25) is 14.4 Å². The van der Waals surface area contributed by atoms with Crippen LogP contribution in [-0.4, -0.2) is 94.5 Å². The van der Waals surface area contributed by atoms with Crippen LogP contribution in [0.2, 0.25) is 0 Å². The second kappa shape index (κ2) is 22.2. The van der Waals surface area contributed by atoms with E-state index in [0.717, 1.165) is 40.7 Å². The zero-order valence-corrected chi connectivity index (χ0v) is 34.6. The summed E-state index contributed by atoms with van der Waals surface area (Å²) in [6.07, 6.45) is 3.90. The molecule has 3 aromatic carbocycles. The maximum absolute atomic E-state index is 14.0. The van der Waals surface area contributed by atoms with Gasteiger partial charge in [0.05, 0.1) is 26.4 Å². The SMILES string of the molecule is Cc1ccc(C(=O)CCCOCCOCCO)cc1-c1cccc(C[C@H](CC(=O)C2CCC(CNC(=O)OC(C)(C)C)CC2)C(=O)Nc2ccc(-c3nn[nH]n3)cc2)c1. The predicted octanol–water partition coefficient (Wildman–Crippen LogP) is 6.92. The van der Waals surface area contributed by atoms with Crippen LogP contribution >= 0.6 is 0 Å². The number of aromatic amines is 1. The third-order valence-corrected chi connectivity index (χ3v) is 10.4. The lowest BCUT2D eigenvalue weighted by molar-refractivity contribution is -0.129. The summed E-state index contributed by atoms with van der Waals surface area (Å²) in [5.74, 6) is -0.274. The molecule has 1 aliphatic carbocycles. The van der Waals surface area contributed by atoms with Crippen LogP contribution in [0.25, 0.3) is 22.5 Å². The van der Waals surface area contributed by atoms with Crippen LogP contribution in [-0.2, 0) is 30.2 Å². The topological polar surface area (TPSA) is 195 Å². The van der Waals surface area contributed by atoms with Crippen LogP contribution in [0.15, 0.2) is 66.7 Å². The number of aryl methyl sites for hydroxylation is 1. The number of carbonyl (C=O) groups excluding carboxylic acids is 4. The van der Waals surface area contributed by atoms with Crippen LogP contribution in [0.4, 0.5) is 10.5 Å². The van der Waals surface area contributed by atoms with E-state index in [-0.39, 0.29) is 48.9 Å². The summed E-state index contributed by atoms with van der Waals surface area (Å²) in [7, 11) is 0. The van der Waals surface area contributed by atoms with Gasteiger partial charge < -0.3 is 30.0 Å². The minimum atomic E-state index is -0.640. The average molecular weight is 811 g/mol. The fourth-order valence-electron chi connectivity index (χ4n) is 7.25. The number of aliphatic hydroxyl groups excluding tert-OH is 1. The Morgan fingerprint density at radius 3 is 2.34 bits per heavy atom. The third-order valence-electron chi connectivity index (χ3n) is 10.4. The van der Waals surface area contributed by atoms with E-state index >= 15 is 0 Å². The number of hydrogen-bond donors (Lipinski definition) is 4. The molecule has 4 N–H and O–H groups in total. The molecule has 1 heterocycles. The van der Waals surface area contributed by atoms with Gasteiger partial charge in [0.25, 0.3) is 0 Å². The first-order valence-electron chi connectivity index (χ1n) is 20.5. The fraction of sp³-hybridized carbons (Fsp3) is 0.489. The Morgan fingerprint density at radius 1 is 0.898 bits per heavy atom. The first kappa shape index (κ1) is 44.8. The normalized spacial score (nSPS) is 15.9. The van der Waals surface area contributed by atoms with Crippen molar-refractivity contribution in [3.8, 4) is 22.5 Å². The second-order valence-electron chi connectivity index (χ2n) is 16.2. The highest BCUT2D eigenvalue weighted by atomic mass is 16.6. The van der Waals surface area contributed by atoms with Gasteiger partial charge in [-0.15, -0.1) is 10.2 Å². The number of carbonyl (C=O) groups is 4. The zero-order valence-electron chi connectivity index (χ0n) is 34.6. The number of rotatable bonds is 21. The van der Waals surface area contributed by atoms with Crippen molar-refractivity contribution in [3.63, 3.8) is 0 Å². The third kappa shape index (κ3) is 14.5. The van der Waals surface area contributed by atoms with E-state index in [4.69, 9.17) is 19.3 Å². The lowest BCUT2D eigenvalue weighted by atomic mass is 9.77. The summed E-state index contributed by atoms with van der Waals surface area (Å²) in [6.45, 7) is 9.47. The van der Waals surface area contributed by atoms with Crippen LogP contribution in [0.3, 0.4) is 0 Å². The van der Waals surface area contributed by atoms with Gasteiger partial charge in [0.2, 0.25) is 11.7 Å². The van der Waals surface area contributed by atoms with Crippen molar-refractivity contribution in [2.24, 2.45) is 17.8 Å². The summed E-state index contributed by atoms with van der Waals surface area (Å²) in [6, 6.07) is 20.8. The number of nitrogens with one attached hydrogen (secondary N) is 3. The number of aromatic nitrogens is 4. The standard InChI is InChI=1S/C45H58N6O8/c1-30-10-13-36(40(53)9-6-21-57-23-24-58-22-20-52)27-39(30)35-8-5-7-32(25-35)26-37(43(55)47-38-18-16-34(17-19-38)42-48-50-51-49-42)28-41(54)33-14-11-31(12-15-33)29-46-44(56)59-45(2,3)4/h5,7-8,10,13,16-19,25,27,31,33,37,52H,6,9,11-12,14-15,20-24,26,28-29H2,1-4H3,(H,46,56)(H,47,55)(H,48,49,50,51)/t31?,33?,37-/m1/s1. The lowest BCUT2D eigenvalue weighted by Gasteiger charge is -2.29. The number of H-pyrrole nitrogens is 1. The van der Waals surface area contributed by atoms with E-state index in [1.807, 2.05) is 70.2 Å². The second-order valence-corrected chi connectivity index (χ2v) is 16.2. The monoisotopic (exact) mass is 810 g/mol. The highest BCUT2D eigenvalue weighted by Crippen LogP contribution is 2.32. The van der Waals surface area contributed by atoms with Gasteiger partial charge in [-0.1, -0.05) is 36.4 Å². The molecule has 2 amide bonds. The molecule has 316 valence electrons. The van der Waals surface area contributed by atoms with Crippen molar-refractivity contribution in [1.29, 1.82) is 0 Å². The summed E-state index contributed by atoms with van der Waals surface area (Å²) in [4.78, 5) is 53.3. The van der Waals surface area contributed by atoms with E-state index < -0.39 is 17.6 Å². The Balaban J connectivity index is 1.25. The zero-order chi connectivity index (χ0) is 42.2. The van der Waals surface area contributed by atoms with E-state index in [1.54, 1.807) is 24.3 Å². The molecule has 1 saturated carbocycles. The molecule has 0 saturated heterocycles. The number of ether oxygens (including phenoxy) is 3. The van der Waals surface area contributed by atoms with E-state index in [9.17, 15) is 19.2 Å². The molecule has 1 fully saturated rings. The molecule has 1 aromatic heterocycles. The minimum absolute atomic E-state index is 0.0245. The highest BCUT2D eigenvalue weighted by molar-refractivity contribution is 5.98. The number of tetrazole rings is 1. The molecule has 5 rings (SSSR count). The van der Waals surface area contributed by atoms with Gasteiger partial charge in [-0.2, -0.15) is 5.21 Å². The van der Waals surface area contributed by atoms with Gasteiger partial charge in [0, 0.05) is 54.6 Å². The molecule has 0 radical (unpaired) electrons. The summed E-state index contributed by atoms with van der Waals surface area (Å²) in [5, 5.41) is 28.8. The maximum Gasteiger partial charge on any atom is 0.407 e. The minimum Gasteiger partial charge on any atom is -0.444 e. The van der Waals surface area contributed by atoms with Crippen molar-refractivity contribution >= 4 is 29.3 Å². The van der Waals surface area contributed by atoms with Gasteiger partial charge in [0.15, 0.2) is 5.78 Å². The van der Waals surface area contributed by atoms with Crippen molar-refractivity contribution in [1.82, 2.24) is 25.9 Å². The largest absolute Gasteiger partial charge is 0.444 e. The van der Waals surface area contributed by atoms with Crippen LogP contribution < -0.4 is 10.6 Å². The number of ketones is 2. The lowest BCUT2D eigenvalue weighted by Crippen LogP contribution is -2.37. The number of aliphatic hydroxyl groups is 1. The van der Waals surface area contributed by atoms with E-state index in [0.29, 0.717) is 75.5 Å². The van der Waals surface area contributed by atoms with Crippen LogP contribution in [0, 0.1) is 24.7 Å². The molecule has 1 aliphatic rings. The van der Waals surface area contributed by atoms with E-state index in [2.05, 4.69) is 31.3 Å². The van der Waals surface area contributed by atoms with Crippen molar-refractivity contribution < 1.29 is 38.5 Å². The molecule has 14 heteroatoms. The van der Waals surface area contributed by atoms with E-state index in [1.165, 1.54) is 0 Å². The number of amides is 2. The molecular formula is C45H58N6O8. The Hall–Kier alpha value is -5.31. The molecule has 0 unspecified atom stereocenters. The first-order chi connectivity index (χ1) is 28.4. The summed E-state index contributed by atoms with van der Waals surface area (Å²) < 4.78 is 16.1. The molecule has 4 aromatic rings. The molecule has 0 spiro atoms. The molecule has 1 atom stereocenters. The van der Waals surface area contributed by atoms with Crippen LogP contribution in [0.5, 0.6) is 0 Å². The van der Waals surface area contributed by atoms with Gasteiger partial charge in [-0.05, 0) is 130 Å². The number of benzene rings is 3. The Bertz CT molecular complexity index is 1970. The van der Waals surface area contributed by atoms with Crippen molar-refractivity contribution in [3.05, 3.63) is 83.4 Å². The van der Waals surface area contributed by atoms with Gasteiger partial charge in [0.1, 0.15) is 11.4 Å². The number of nitrogens with zero attached hydrogens (tertiary/aromatic N) is 3. The van der Waals surface area contributed by atoms with Gasteiger partial charge >= 0.3 is 6.09 Å². The smallest absolute Gasteiger partial charge is 0.407 e. The van der Waals surface area contributed by atoms with Crippen molar-refractivity contribution in [2.45, 2.75) is 84.7 Å². The van der Waals surface area contributed by atoms with Crippen molar-refractivity contribution in [2.75, 3.05) is 44.9 Å². The number of Topliss-reactive ketones (excluding diaryl/α,β-unsaturated/α-hetero) is 2. The quantitative estimate of drug-likeness (QED) is 0.0504. The number of anilines is 1. The molecule has 14 nitrogen and oxygen atoms in total. The molecule has 0 aliphatic heterocycles.